The molecule has 1 heterocycles. The van der Waals surface area contributed by atoms with E-state index in [2.05, 4.69) is 16.9 Å². The Balaban J connectivity index is 2.38. The number of ether oxygens (including phenoxy) is 1. The van der Waals surface area contributed by atoms with Gasteiger partial charge in [0.2, 0.25) is 0 Å². The predicted molar refractivity (Wildman–Crippen MR) is 74.9 cm³/mol. The molecule has 104 valence electrons. The normalized spacial score (nSPS) is 14.2. The zero-order valence-electron chi connectivity index (χ0n) is 11.9. The molecule has 0 aliphatic carbocycles. The molecule has 4 nitrogen and oxygen atoms in total. The quantitative estimate of drug-likeness (QED) is 0.825. The van der Waals surface area contributed by atoms with Crippen LogP contribution in [-0.4, -0.2) is 47.4 Å². The highest BCUT2D eigenvalue weighted by atomic mass is 32.1. The van der Waals surface area contributed by atoms with E-state index in [-0.39, 0.29) is 0 Å². The summed E-state index contributed by atoms with van der Waals surface area (Å²) in [5.41, 5.74) is 2.49. The Labute approximate surface area is 114 Å². The van der Waals surface area contributed by atoms with Gasteiger partial charge in [-0.05, 0) is 34.2 Å². The van der Waals surface area contributed by atoms with Gasteiger partial charge in [-0.15, -0.1) is 11.3 Å². The number of aliphatic hydroxyl groups excluding tert-OH is 1. The fourth-order valence-electron chi connectivity index (χ4n) is 1.63. The Hall–Kier alpha value is -0.490. The van der Waals surface area contributed by atoms with E-state index in [0.717, 1.165) is 18.8 Å². The number of hydrogen-bond donors (Lipinski definition) is 1. The van der Waals surface area contributed by atoms with Crippen molar-refractivity contribution in [1.82, 2.24) is 9.88 Å². The summed E-state index contributed by atoms with van der Waals surface area (Å²) >= 11 is 1.68. The summed E-state index contributed by atoms with van der Waals surface area (Å²) in [5.74, 6) is 0. The number of thiazole rings is 1. The topological polar surface area (TPSA) is 45.6 Å². The van der Waals surface area contributed by atoms with Crippen molar-refractivity contribution in [2.24, 2.45) is 0 Å². The Morgan fingerprint density at radius 3 is 2.72 bits per heavy atom. The molecule has 1 rings (SSSR count). The maximum Gasteiger partial charge on any atom is 0.0880 e. The SMILES string of the molecule is COC(C)(C)C(O)CCN(C)Cc1scnc1C. The van der Waals surface area contributed by atoms with E-state index in [1.807, 2.05) is 26.3 Å². The first-order valence-corrected chi connectivity index (χ1v) is 7.05. The van der Waals surface area contributed by atoms with Gasteiger partial charge in [-0.2, -0.15) is 0 Å². The number of aryl methyl sites for hydroxylation is 1. The average molecular weight is 272 g/mol. The maximum absolute atomic E-state index is 10.0. The third kappa shape index (κ3) is 4.31. The largest absolute Gasteiger partial charge is 0.390 e. The number of rotatable bonds is 7. The van der Waals surface area contributed by atoms with Crippen molar-refractivity contribution in [2.45, 2.75) is 45.4 Å². The van der Waals surface area contributed by atoms with E-state index in [1.165, 1.54) is 4.88 Å². The lowest BCUT2D eigenvalue weighted by Gasteiger charge is -2.30. The van der Waals surface area contributed by atoms with Crippen LogP contribution in [0.1, 0.15) is 30.8 Å². The molecule has 0 aliphatic heterocycles. The van der Waals surface area contributed by atoms with Crippen LogP contribution in [0.25, 0.3) is 0 Å². The van der Waals surface area contributed by atoms with Crippen LogP contribution in [0.5, 0.6) is 0 Å². The second-order valence-corrected chi connectivity index (χ2v) is 6.15. The molecule has 0 radical (unpaired) electrons. The second kappa shape index (κ2) is 6.61. The molecule has 0 saturated heterocycles. The van der Waals surface area contributed by atoms with Crippen LogP contribution >= 0.6 is 11.3 Å². The van der Waals surface area contributed by atoms with Crippen LogP contribution in [-0.2, 0) is 11.3 Å². The average Bonchev–Trinajstić information content (AvgIpc) is 2.72. The Morgan fingerprint density at radius 1 is 1.56 bits per heavy atom. The van der Waals surface area contributed by atoms with Crippen LogP contribution in [0.4, 0.5) is 0 Å². The third-order valence-corrected chi connectivity index (χ3v) is 4.29. The summed E-state index contributed by atoms with van der Waals surface area (Å²) in [6, 6.07) is 0. The number of aromatic nitrogens is 1. The summed E-state index contributed by atoms with van der Waals surface area (Å²) < 4.78 is 5.28. The van der Waals surface area contributed by atoms with Crippen molar-refractivity contribution in [1.29, 1.82) is 0 Å². The van der Waals surface area contributed by atoms with Gasteiger partial charge in [0.1, 0.15) is 0 Å². The molecule has 0 aromatic carbocycles. The summed E-state index contributed by atoms with van der Waals surface area (Å²) in [6.45, 7) is 7.57. The molecule has 0 amide bonds. The Bertz CT molecular complexity index is 366. The first-order valence-electron chi connectivity index (χ1n) is 6.17. The lowest BCUT2D eigenvalue weighted by Crippen LogP contribution is -2.40. The first kappa shape index (κ1) is 15.6. The van der Waals surface area contributed by atoms with Crippen molar-refractivity contribution in [3.8, 4) is 0 Å². The van der Waals surface area contributed by atoms with Crippen molar-refractivity contribution < 1.29 is 9.84 Å². The zero-order chi connectivity index (χ0) is 13.8. The van der Waals surface area contributed by atoms with E-state index in [4.69, 9.17) is 4.74 Å². The molecular formula is C13H24N2O2S. The molecule has 1 aromatic rings. The maximum atomic E-state index is 10.0. The lowest BCUT2D eigenvalue weighted by atomic mass is 9.98. The van der Waals surface area contributed by atoms with E-state index < -0.39 is 11.7 Å². The molecule has 1 unspecified atom stereocenters. The molecule has 0 saturated carbocycles. The minimum absolute atomic E-state index is 0.451. The van der Waals surface area contributed by atoms with Crippen molar-refractivity contribution >= 4 is 11.3 Å². The molecule has 1 atom stereocenters. The van der Waals surface area contributed by atoms with Gasteiger partial charge in [0.15, 0.2) is 0 Å². The summed E-state index contributed by atoms with van der Waals surface area (Å²) in [6.07, 6.45) is 0.252. The third-order valence-electron chi connectivity index (χ3n) is 3.37. The van der Waals surface area contributed by atoms with Crippen molar-refractivity contribution in [3.05, 3.63) is 16.1 Å². The van der Waals surface area contributed by atoms with Crippen LogP contribution in [0.2, 0.25) is 0 Å². The molecule has 18 heavy (non-hydrogen) atoms. The molecule has 5 heteroatoms. The number of nitrogens with zero attached hydrogens (tertiary/aromatic N) is 2. The van der Waals surface area contributed by atoms with E-state index in [1.54, 1.807) is 18.4 Å². The minimum atomic E-state index is -0.485. The van der Waals surface area contributed by atoms with E-state index >= 15 is 0 Å². The Morgan fingerprint density at radius 2 is 2.22 bits per heavy atom. The number of hydrogen-bond acceptors (Lipinski definition) is 5. The highest BCUT2D eigenvalue weighted by molar-refractivity contribution is 7.09. The first-order chi connectivity index (χ1) is 8.36. The van der Waals surface area contributed by atoms with Crippen molar-refractivity contribution in [3.63, 3.8) is 0 Å². The van der Waals surface area contributed by atoms with Gasteiger partial charge in [0.05, 0.1) is 22.9 Å². The Kier molecular flexibility index (Phi) is 5.72. The highest BCUT2D eigenvalue weighted by Gasteiger charge is 2.27. The lowest BCUT2D eigenvalue weighted by molar-refractivity contribution is -0.0820. The van der Waals surface area contributed by atoms with Crippen LogP contribution < -0.4 is 0 Å². The van der Waals surface area contributed by atoms with Gasteiger partial charge in [0, 0.05) is 25.1 Å². The second-order valence-electron chi connectivity index (χ2n) is 5.21. The van der Waals surface area contributed by atoms with Crippen LogP contribution in [0.15, 0.2) is 5.51 Å². The van der Waals surface area contributed by atoms with Gasteiger partial charge in [-0.1, -0.05) is 0 Å². The molecule has 0 spiro atoms. The van der Waals surface area contributed by atoms with Gasteiger partial charge in [-0.25, -0.2) is 4.98 Å². The monoisotopic (exact) mass is 272 g/mol. The molecule has 0 bridgehead atoms. The highest BCUT2D eigenvalue weighted by Crippen LogP contribution is 2.18. The minimum Gasteiger partial charge on any atom is -0.390 e. The van der Waals surface area contributed by atoms with Gasteiger partial charge in [0.25, 0.3) is 0 Å². The predicted octanol–water partition coefficient (Wildman–Crippen LogP) is 2.06. The number of methoxy groups -OCH3 is 1. The molecule has 0 aliphatic rings. The molecule has 1 aromatic heterocycles. The van der Waals surface area contributed by atoms with Gasteiger partial charge >= 0.3 is 0 Å². The zero-order valence-corrected chi connectivity index (χ0v) is 12.8. The number of aliphatic hydroxyl groups is 1. The molecule has 0 fully saturated rings. The van der Waals surface area contributed by atoms with Crippen LogP contribution in [0.3, 0.4) is 0 Å². The van der Waals surface area contributed by atoms with Gasteiger partial charge in [-0.3, -0.25) is 0 Å². The fraction of sp³-hybridized carbons (Fsp3) is 0.769. The van der Waals surface area contributed by atoms with Crippen molar-refractivity contribution in [2.75, 3.05) is 20.7 Å². The smallest absolute Gasteiger partial charge is 0.0880 e. The van der Waals surface area contributed by atoms with Gasteiger partial charge < -0.3 is 14.7 Å². The fourth-order valence-corrected chi connectivity index (χ4v) is 2.48. The summed E-state index contributed by atoms with van der Waals surface area (Å²) in [7, 11) is 3.69. The molecule has 1 N–H and O–H groups in total. The summed E-state index contributed by atoms with van der Waals surface area (Å²) in [5, 5.41) is 10.0. The summed E-state index contributed by atoms with van der Waals surface area (Å²) in [4.78, 5) is 7.73. The van der Waals surface area contributed by atoms with Crippen LogP contribution in [0, 0.1) is 6.92 Å². The molecular weight excluding hydrogens is 248 g/mol. The van der Waals surface area contributed by atoms with E-state index in [9.17, 15) is 5.11 Å². The standard InChI is InChI=1S/C13H24N2O2S/c1-10-11(18-9-14-10)8-15(4)7-6-12(16)13(2,3)17-5/h9,12,16H,6-8H2,1-5H3. The van der Waals surface area contributed by atoms with E-state index in [0.29, 0.717) is 6.42 Å².